The maximum Gasteiger partial charge on any atom is 0.240 e. The van der Waals surface area contributed by atoms with Crippen molar-refractivity contribution in [3.63, 3.8) is 0 Å². The average Bonchev–Trinajstić information content (AvgIpc) is 3.08. The van der Waals surface area contributed by atoms with Crippen molar-refractivity contribution >= 4 is 22.4 Å². The lowest BCUT2D eigenvalue weighted by Crippen LogP contribution is -2.41. The van der Waals surface area contributed by atoms with Crippen LogP contribution in [0.4, 0.5) is 9.52 Å². The average molecular weight is 349 g/mol. The lowest BCUT2D eigenvalue weighted by molar-refractivity contribution is -0.118. The summed E-state index contributed by atoms with van der Waals surface area (Å²) in [6, 6.07) is 6.67. The van der Waals surface area contributed by atoms with Gasteiger partial charge in [-0.3, -0.25) is 9.69 Å². The number of nitrogens with zero attached hydrogens (tertiary/aromatic N) is 2. The zero-order chi connectivity index (χ0) is 16.9. The number of amides is 1. The molecule has 0 saturated carbocycles. The molecule has 3 rings (SSSR count). The second-order valence-corrected chi connectivity index (χ2v) is 6.78. The number of rotatable bonds is 5. The van der Waals surface area contributed by atoms with Crippen LogP contribution >= 0.6 is 11.3 Å². The van der Waals surface area contributed by atoms with E-state index in [0.717, 1.165) is 18.4 Å². The first-order valence-electron chi connectivity index (χ1n) is 7.88. The van der Waals surface area contributed by atoms with E-state index in [-0.39, 0.29) is 23.9 Å². The number of hydrogen-bond acceptors (Lipinski definition) is 5. The molecule has 0 radical (unpaired) electrons. The van der Waals surface area contributed by atoms with Crippen molar-refractivity contribution in [2.75, 3.05) is 25.5 Å². The van der Waals surface area contributed by atoms with Crippen LogP contribution in [0, 0.1) is 5.82 Å². The standard InChI is InChI=1S/C17H20FN3O2S/c1-21(11-16(22)20-17-19-7-9-24-17)14-6-8-23-15(10-14)12-2-4-13(18)5-3-12/h2-5,7,9,14-15H,6,8,10-11H2,1H3,(H,19,20,22)/t14-,15+/m0/s1. The first-order valence-corrected chi connectivity index (χ1v) is 8.76. The van der Waals surface area contributed by atoms with Crippen LogP contribution in [0.25, 0.3) is 0 Å². The molecule has 2 atom stereocenters. The predicted molar refractivity (Wildman–Crippen MR) is 91.5 cm³/mol. The van der Waals surface area contributed by atoms with Crippen molar-refractivity contribution in [3.05, 3.63) is 47.2 Å². The molecule has 0 spiro atoms. The molecule has 0 unspecified atom stereocenters. The van der Waals surface area contributed by atoms with Crippen LogP contribution in [0.2, 0.25) is 0 Å². The lowest BCUT2D eigenvalue weighted by atomic mass is 9.96. The van der Waals surface area contributed by atoms with E-state index < -0.39 is 0 Å². The number of halogens is 1. The molecule has 1 aliphatic rings. The third kappa shape index (κ3) is 4.37. The minimum Gasteiger partial charge on any atom is -0.373 e. The Morgan fingerprint density at radius 1 is 1.46 bits per heavy atom. The number of nitrogens with one attached hydrogen (secondary N) is 1. The van der Waals surface area contributed by atoms with Gasteiger partial charge in [-0.1, -0.05) is 12.1 Å². The third-order valence-electron chi connectivity index (χ3n) is 4.19. The van der Waals surface area contributed by atoms with Crippen LogP contribution in [0.3, 0.4) is 0 Å². The SMILES string of the molecule is CN(CC(=O)Nc1nccs1)[C@H]1CCO[C@@H](c2ccc(F)cc2)C1. The Morgan fingerprint density at radius 3 is 2.96 bits per heavy atom. The monoisotopic (exact) mass is 349 g/mol. The Morgan fingerprint density at radius 2 is 2.25 bits per heavy atom. The van der Waals surface area contributed by atoms with Gasteiger partial charge in [-0.15, -0.1) is 11.3 Å². The molecule has 0 aliphatic carbocycles. The van der Waals surface area contributed by atoms with Crippen molar-refractivity contribution < 1.29 is 13.9 Å². The largest absolute Gasteiger partial charge is 0.373 e. The van der Waals surface area contributed by atoms with Crippen LogP contribution in [-0.2, 0) is 9.53 Å². The van der Waals surface area contributed by atoms with E-state index in [9.17, 15) is 9.18 Å². The van der Waals surface area contributed by atoms with Gasteiger partial charge in [-0.05, 0) is 37.6 Å². The summed E-state index contributed by atoms with van der Waals surface area (Å²) in [7, 11) is 1.94. The predicted octanol–water partition coefficient (Wildman–Crippen LogP) is 3.07. The van der Waals surface area contributed by atoms with Crippen molar-refractivity contribution in [3.8, 4) is 0 Å². The van der Waals surface area contributed by atoms with E-state index in [1.807, 2.05) is 17.3 Å². The van der Waals surface area contributed by atoms with Crippen LogP contribution in [0.5, 0.6) is 0 Å². The maximum atomic E-state index is 13.1. The van der Waals surface area contributed by atoms with Crippen molar-refractivity contribution in [1.29, 1.82) is 0 Å². The van der Waals surface area contributed by atoms with Crippen LogP contribution < -0.4 is 5.32 Å². The number of hydrogen-bond donors (Lipinski definition) is 1. The molecule has 1 aromatic heterocycles. The summed E-state index contributed by atoms with van der Waals surface area (Å²) < 4.78 is 18.9. The van der Waals surface area contributed by atoms with Gasteiger partial charge in [0.25, 0.3) is 0 Å². The second kappa shape index (κ2) is 7.83. The molecular formula is C17H20FN3O2S. The van der Waals surface area contributed by atoms with Gasteiger partial charge in [0, 0.05) is 24.2 Å². The summed E-state index contributed by atoms with van der Waals surface area (Å²) in [6.07, 6.45) is 3.26. The molecule has 1 aromatic carbocycles. The molecular weight excluding hydrogens is 329 g/mol. The molecule has 24 heavy (non-hydrogen) atoms. The quantitative estimate of drug-likeness (QED) is 0.901. The Kier molecular flexibility index (Phi) is 5.55. The Balaban J connectivity index is 1.55. The Bertz CT molecular complexity index is 663. The van der Waals surface area contributed by atoms with Gasteiger partial charge in [0.05, 0.1) is 12.6 Å². The Labute approximate surface area is 144 Å². The number of anilines is 1. The molecule has 5 nitrogen and oxygen atoms in total. The summed E-state index contributed by atoms with van der Waals surface area (Å²) in [4.78, 5) is 18.2. The topological polar surface area (TPSA) is 54.5 Å². The Hall–Kier alpha value is -1.83. The minimum absolute atomic E-state index is 0.0613. The fourth-order valence-electron chi connectivity index (χ4n) is 2.89. The minimum atomic E-state index is -0.248. The molecule has 128 valence electrons. The smallest absolute Gasteiger partial charge is 0.240 e. The van der Waals surface area contributed by atoms with Crippen LogP contribution in [0.15, 0.2) is 35.8 Å². The van der Waals surface area contributed by atoms with Crippen LogP contribution in [-0.4, -0.2) is 42.0 Å². The van der Waals surface area contributed by atoms with Gasteiger partial charge >= 0.3 is 0 Å². The molecule has 2 aromatic rings. The summed E-state index contributed by atoms with van der Waals surface area (Å²) in [6.45, 7) is 0.936. The van der Waals surface area contributed by atoms with Gasteiger partial charge in [0.2, 0.25) is 5.91 Å². The van der Waals surface area contributed by atoms with E-state index in [1.165, 1.54) is 23.5 Å². The van der Waals surface area contributed by atoms with Gasteiger partial charge in [-0.2, -0.15) is 0 Å². The fourth-order valence-corrected chi connectivity index (χ4v) is 3.43. The molecule has 2 heterocycles. The first kappa shape index (κ1) is 17.0. The molecule has 1 fully saturated rings. The molecule has 0 bridgehead atoms. The van der Waals surface area contributed by atoms with Gasteiger partial charge < -0.3 is 10.1 Å². The summed E-state index contributed by atoms with van der Waals surface area (Å²) in [5.41, 5.74) is 0.974. The number of benzene rings is 1. The molecule has 1 N–H and O–H groups in total. The molecule has 1 amide bonds. The number of aromatic nitrogens is 1. The summed E-state index contributed by atoms with van der Waals surface area (Å²) >= 11 is 1.40. The van der Waals surface area contributed by atoms with Crippen molar-refractivity contribution in [2.45, 2.75) is 25.0 Å². The van der Waals surface area contributed by atoms with E-state index in [1.54, 1.807) is 18.3 Å². The zero-order valence-electron chi connectivity index (χ0n) is 13.4. The number of carbonyl (C=O) groups excluding carboxylic acids is 1. The fraction of sp³-hybridized carbons (Fsp3) is 0.412. The number of thiazole rings is 1. The zero-order valence-corrected chi connectivity index (χ0v) is 14.3. The summed E-state index contributed by atoms with van der Waals surface area (Å²) in [5, 5.41) is 5.23. The lowest BCUT2D eigenvalue weighted by Gasteiger charge is -2.35. The second-order valence-electron chi connectivity index (χ2n) is 5.89. The number of likely N-dealkylation sites (N-methyl/N-ethyl adjacent to an activating group) is 1. The van der Waals surface area contributed by atoms with Crippen LogP contribution in [0.1, 0.15) is 24.5 Å². The summed E-state index contributed by atoms with van der Waals surface area (Å²) in [5.74, 6) is -0.320. The molecule has 1 saturated heterocycles. The number of carbonyl (C=O) groups is 1. The molecule has 1 aliphatic heterocycles. The van der Waals surface area contributed by atoms with Gasteiger partial charge in [-0.25, -0.2) is 9.37 Å². The highest BCUT2D eigenvalue weighted by molar-refractivity contribution is 7.13. The van der Waals surface area contributed by atoms with E-state index in [0.29, 0.717) is 18.3 Å². The van der Waals surface area contributed by atoms with E-state index >= 15 is 0 Å². The highest BCUT2D eigenvalue weighted by Crippen LogP contribution is 2.30. The van der Waals surface area contributed by atoms with E-state index in [4.69, 9.17) is 4.74 Å². The first-order chi connectivity index (χ1) is 11.6. The maximum absolute atomic E-state index is 13.1. The van der Waals surface area contributed by atoms with Gasteiger partial charge in [0.1, 0.15) is 5.82 Å². The van der Waals surface area contributed by atoms with Gasteiger partial charge in [0.15, 0.2) is 5.13 Å². The highest BCUT2D eigenvalue weighted by atomic mass is 32.1. The molecule has 7 heteroatoms. The normalized spacial score (nSPS) is 21.0. The van der Waals surface area contributed by atoms with Crippen molar-refractivity contribution in [2.24, 2.45) is 0 Å². The highest BCUT2D eigenvalue weighted by Gasteiger charge is 2.27. The van der Waals surface area contributed by atoms with Crippen molar-refractivity contribution in [1.82, 2.24) is 9.88 Å². The van der Waals surface area contributed by atoms with E-state index in [2.05, 4.69) is 10.3 Å². The number of ether oxygens (including phenoxy) is 1. The third-order valence-corrected chi connectivity index (χ3v) is 4.88.